The summed E-state index contributed by atoms with van der Waals surface area (Å²) < 4.78 is 0. The van der Waals surface area contributed by atoms with Gasteiger partial charge in [0.1, 0.15) is 5.54 Å². The molecule has 0 aromatic rings. The van der Waals surface area contributed by atoms with Crippen LogP contribution < -0.4 is 0 Å². The van der Waals surface area contributed by atoms with E-state index in [-0.39, 0.29) is 5.54 Å². The second-order valence-corrected chi connectivity index (χ2v) is 6.09. The van der Waals surface area contributed by atoms with E-state index in [0.717, 1.165) is 23.7 Å². The highest BCUT2D eigenvalue weighted by Gasteiger charge is 2.64. The van der Waals surface area contributed by atoms with Crippen LogP contribution in [0.5, 0.6) is 0 Å². The van der Waals surface area contributed by atoms with Gasteiger partial charge in [0.05, 0.1) is 11.8 Å². The van der Waals surface area contributed by atoms with Crippen molar-refractivity contribution in [1.29, 1.82) is 5.26 Å². The summed E-state index contributed by atoms with van der Waals surface area (Å²) in [5.41, 5.74) is 1.46. The molecular weight excluding hydrogens is 196 g/mol. The van der Waals surface area contributed by atoms with Crippen molar-refractivity contribution in [2.75, 3.05) is 0 Å². The van der Waals surface area contributed by atoms with Gasteiger partial charge in [-0.05, 0) is 61.9 Å². The summed E-state index contributed by atoms with van der Waals surface area (Å²) in [5.74, 6) is 3.65. The Kier molecular flexibility index (Phi) is 1.56. The summed E-state index contributed by atoms with van der Waals surface area (Å²) in [6.07, 6.45) is 10.7. The smallest absolute Gasteiger partial charge is 0.108 e. The number of nitriles is 1. The number of rotatable bonds is 1. The highest BCUT2D eigenvalue weighted by Crippen LogP contribution is 2.64. The molecule has 16 heavy (non-hydrogen) atoms. The maximum atomic E-state index is 8.59. The van der Waals surface area contributed by atoms with Crippen molar-refractivity contribution in [3.05, 3.63) is 12.2 Å². The molecule has 0 radical (unpaired) electrons. The molecule has 5 aliphatic rings. The Bertz CT molecular complexity index is 410. The van der Waals surface area contributed by atoms with Crippen LogP contribution in [0.4, 0.5) is 0 Å². The Morgan fingerprint density at radius 2 is 1.75 bits per heavy atom. The topological polar surface area (TPSA) is 36.1 Å². The lowest BCUT2D eigenvalue weighted by molar-refractivity contribution is -0.00799. The minimum Gasteiger partial charge on any atom is -0.274 e. The van der Waals surface area contributed by atoms with Crippen molar-refractivity contribution in [3.63, 3.8) is 0 Å². The molecule has 4 saturated carbocycles. The Labute approximate surface area is 96.1 Å². The van der Waals surface area contributed by atoms with Crippen molar-refractivity contribution in [1.82, 2.24) is 0 Å². The highest BCUT2D eigenvalue weighted by atomic mass is 15.1. The molecule has 0 N–H and O–H groups in total. The number of hydrogen-bond donors (Lipinski definition) is 0. The third-order valence-corrected chi connectivity index (χ3v) is 5.36. The quantitative estimate of drug-likeness (QED) is 0.616. The maximum absolute atomic E-state index is 8.59. The van der Waals surface area contributed by atoms with E-state index in [1.54, 1.807) is 6.08 Å². The number of allylic oxidation sites excluding steroid dienone is 1. The van der Waals surface area contributed by atoms with Gasteiger partial charge in [0.15, 0.2) is 0 Å². The van der Waals surface area contributed by atoms with E-state index in [4.69, 9.17) is 10.3 Å². The van der Waals surface area contributed by atoms with Gasteiger partial charge < -0.3 is 0 Å². The second kappa shape index (κ2) is 2.77. The van der Waals surface area contributed by atoms with Gasteiger partial charge in [-0.15, -0.1) is 0 Å². The maximum Gasteiger partial charge on any atom is 0.108 e. The molecule has 0 atom stereocenters. The summed E-state index contributed by atoms with van der Waals surface area (Å²) in [5, 5.41) is 8.59. The Morgan fingerprint density at radius 1 is 1.12 bits per heavy atom. The fourth-order valence-corrected chi connectivity index (χ4v) is 4.96. The fraction of sp³-hybridized carbons (Fsp3) is 0.714. The fourth-order valence-electron chi connectivity index (χ4n) is 4.96. The molecule has 0 unspecified atom stereocenters. The molecule has 5 rings (SSSR count). The first-order chi connectivity index (χ1) is 7.83. The first kappa shape index (κ1) is 8.98. The lowest BCUT2D eigenvalue weighted by atomic mass is 9.50. The molecule has 0 aromatic carbocycles. The molecule has 82 valence electrons. The van der Waals surface area contributed by atoms with Crippen LogP contribution in [0.15, 0.2) is 17.1 Å². The standard InChI is InChI=1S/C14H16N2/c15-3-1-2-13-14(16-13)11-5-9-4-10(7-11)8-12(14)6-9/h1-2,9-12H,4-8H2/b2-1+. The van der Waals surface area contributed by atoms with Crippen LogP contribution in [0.3, 0.4) is 0 Å². The molecular formula is C14H16N2. The van der Waals surface area contributed by atoms with Crippen LogP contribution in [0.1, 0.15) is 32.1 Å². The molecule has 1 spiro atoms. The molecule has 2 nitrogen and oxygen atoms in total. The number of nitrogens with zero attached hydrogens (tertiary/aromatic N) is 2. The molecule has 4 fully saturated rings. The summed E-state index contributed by atoms with van der Waals surface area (Å²) >= 11 is 0. The third kappa shape index (κ3) is 0.948. The second-order valence-electron chi connectivity index (χ2n) is 6.09. The molecule has 2 heteroatoms. The normalized spacial score (nSPS) is 52.1. The zero-order valence-electron chi connectivity index (χ0n) is 9.39. The van der Waals surface area contributed by atoms with E-state index in [1.807, 2.05) is 6.08 Å². The molecule has 1 heterocycles. The predicted molar refractivity (Wildman–Crippen MR) is 62.0 cm³/mol. The Hall–Kier alpha value is -1.10. The van der Waals surface area contributed by atoms with Crippen LogP contribution in [-0.4, -0.2) is 11.3 Å². The van der Waals surface area contributed by atoms with E-state index in [9.17, 15) is 0 Å². The van der Waals surface area contributed by atoms with E-state index in [1.165, 1.54) is 37.8 Å². The van der Waals surface area contributed by atoms with Gasteiger partial charge in [0.2, 0.25) is 0 Å². The lowest BCUT2D eigenvalue weighted by Gasteiger charge is -2.54. The average molecular weight is 212 g/mol. The zero-order chi connectivity index (χ0) is 10.8. The van der Waals surface area contributed by atoms with Gasteiger partial charge in [-0.1, -0.05) is 0 Å². The minimum absolute atomic E-state index is 0.223. The van der Waals surface area contributed by atoms with Gasteiger partial charge in [0.25, 0.3) is 0 Å². The molecule has 4 aliphatic carbocycles. The molecule has 4 bridgehead atoms. The average Bonchev–Trinajstić information content (AvgIpc) is 2.98. The summed E-state index contributed by atoms with van der Waals surface area (Å²) in [6.45, 7) is 0. The third-order valence-electron chi connectivity index (χ3n) is 5.36. The highest BCUT2D eigenvalue weighted by molar-refractivity contribution is 6.14. The van der Waals surface area contributed by atoms with Crippen LogP contribution in [0.2, 0.25) is 0 Å². The van der Waals surface area contributed by atoms with E-state index in [2.05, 4.69) is 6.07 Å². The largest absolute Gasteiger partial charge is 0.274 e. The van der Waals surface area contributed by atoms with E-state index < -0.39 is 0 Å². The molecule has 0 amide bonds. The number of hydrogen-bond acceptors (Lipinski definition) is 2. The number of aliphatic imine (C=N–C) groups is 1. The Balaban J connectivity index is 1.63. The van der Waals surface area contributed by atoms with Gasteiger partial charge in [0, 0.05) is 6.08 Å². The van der Waals surface area contributed by atoms with Crippen molar-refractivity contribution in [3.8, 4) is 6.07 Å². The van der Waals surface area contributed by atoms with Crippen LogP contribution in [-0.2, 0) is 0 Å². The van der Waals surface area contributed by atoms with E-state index >= 15 is 0 Å². The molecule has 0 saturated heterocycles. The Morgan fingerprint density at radius 3 is 2.31 bits per heavy atom. The summed E-state index contributed by atoms with van der Waals surface area (Å²) in [6, 6.07) is 2.08. The van der Waals surface area contributed by atoms with Crippen molar-refractivity contribution < 1.29 is 0 Å². The molecule has 0 aromatic heterocycles. The summed E-state index contributed by atoms with van der Waals surface area (Å²) in [4.78, 5) is 4.80. The van der Waals surface area contributed by atoms with E-state index in [0.29, 0.717) is 0 Å². The lowest BCUT2D eigenvalue weighted by Crippen LogP contribution is -2.52. The van der Waals surface area contributed by atoms with Crippen molar-refractivity contribution in [2.45, 2.75) is 37.6 Å². The summed E-state index contributed by atoms with van der Waals surface area (Å²) in [7, 11) is 0. The van der Waals surface area contributed by atoms with Crippen LogP contribution in [0.25, 0.3) is 0 Å². The zero-order valence-corrected chi connectivity index (χ0v) is 9.39. The monoisotopic (exact) mass is 212 g/mol. The van der Waals surface area contributed by atoms with Crippen molar-refractivity contribution >= 4 is 5.71 Å². The van der Waals surface area contributed by atoms with Gasteiger partial charge >= 0.3 is 0 Å². The molecule has 1 aliphatic heterocycles. The van der Waals surface area contributed by atoms with Crippen molar-refractivity contribution in [2.24, 2.45) is 28.7 Å². The van der Waals surface area contributed by atoms with Gasteiger partial charge in [-0.3, -0.25) is 4.99 Å². The minimum atomic E-state index is 0.223. The van der Waals surface area contributed by atoms with Gasteiger partial charge in [-0.25, -0.2) is 0 Å². The van der Waals surface area contributed by atoms with Crippen LogP contribution in [0, 0.1) is 35.0 Å². The van der Waals surface area contributed by atoms with Crippen LogP contribution >= 0.6 is 0 Å². The first-order valence-corrected chi connectivity index (χ1v) is 6.49. The predicted octanol–water partition coefficient (Wildman–Crippen LogP) is 2.72. The SMILES string of the molecule is N#C/C=C/C1=NC12C1CC3CC(C1)CC2C3. The first-order valence-electron chi connectivity index (χ1n) is 6.49. The van der Waals surface area contributed by atoms with Gasteiger partial charge in [-0.2, -0.15) is 5.26 Å².